The summed E-state index contributed by atoms with van der Waals surface area (Å²) < 4.78 is 11.0. The average Bonchev–Trinajstić information content (AvgIpc) is 2.64. The molecule has 0 heterocycles. The molecule has 0 aliphatic carbocycles. The zero-order chi connectivity index (χ0) is 20.8. The fraction of sp³-hybridized carbons (Fsp3) is 0.273. The molecule has 0 radical (unpaired) electrons. The van der Waals surface area contributed by atoms with Crippen molar-refractivity contribution in [2.75, 3.05) is 12.4 Å². The highest BCUT2D eigenvalue weighted by Gasteiger charge is 2.15. The van der Waals surface area contributed by atoms with E-state index in [-0.39, 0.29) is 11.7 Å². The fourth-order valence-corrected chi connectivity index (χ4v) is 2.83. The van der Waals surface area contributed by atoms with E-state index in [9.17, 15) is 10.1 Å². The number of amides is 1. The number of carbonyl (C=O) groups excluding carboxylic acids is 1. The highest BCUT2D eigenvalue weighted by Crippen LogP contribution is 2.37. The average molecular weight is 399 g/mol. The number of methoxy groups -OCH3 is 1. The maximum absolute atomic E-state index is 12.6. The van der Waals surface area contributed by atoms with Crippen LogP contribution in [0.4, 0.5) is 5.69 Å². The van der Waals surface area contributed by atoms with Crippen LogP contribution in [0.1, 0.15) is 30.5 Å². The SMILES string of the molecule is COc1cc(/C=C(\C#N)C(=O)Nc2cccc(C)c2C)cc(Cl)c1OC(C)C. The number of carbonyl (C=O) groups is 1. The topological polar surface area (TPSA) is 71.3 Å². The summed E-state index contributed by atoms with van der Waals surface area (Å²) in [5.74, 6) is 0.364. The van der Waals surface area contributed by atoms with Crippen molar-refractivity contribution in [2.45, 2.75) is 33.8 Å². The Kier molecular flexibility index (Phi) is 7.08. The molecule has 5 nitrogen and oxygen atoms in total. The van der Waals surface area contributed by atoms with Crippen LogP contribution in [0.3, 0.4) is 0 Å². The first-order valence-corrected chi connectivity index (χ1v) is 9.18. The lowest BCUT2D eigenvalue weighted by Gasteiger charge is -2.15. The van der Waals surface area contributed by atoms with Gasteiger partial charge in [-0.25, -0.2) is 0 Å². The van der Waals surface area contributed by atoms with Gasteiger partial charge in [-0.1, -0.05) is 23.7 Å². The van der Waals surface area contributed by atoms with E-state index < -0.39 is 5.91 Å². The molecule has 0 aliphatic rings. The Morgan fingerprint density at radius 1 is 1.29 bits per heavy atom. The van der Waals surface area contributed by atoms with E-state index in [0.29, 0.717) is 27.8 Å². The molecule has 0 saturated heterocycles. The molecule has 0 bridgehead atoms. The van der Waals surface area contributed by atoms with Crippen LogP contribution in [0, 0.1) is 25.2 Å². The Balaban J connectivity index is 2.36. The second-order valence-corrected chi connectivity index (χ2v) is 6.98. The number of anilines is 1. The monoisotopic (exact) mass is 398 g/mol. The third-order valence-corrected chi connectivity index (χ3v) is 4.41. The predicted molar refractivity (Wildman–Crippen MR) is 112 cm³/mol. The summed E-state index contributed by atoms with van der Waals surface area (Å²) in [6, 6.07) is 10.9. The van der Waals surface area contributed by atoms with E-state index in [4.69, 9.17) is 21.1 Å². The number of ether oxygens (including phenoxy) is 2. The molecule has 146 valence electrons. The van der Waals surface area contributed by atoms with Gasteiger partial charge in [0, 0.05) is 5.69 Å². The van der Waals surface area contributed by atoms with Gasteiger partial charge in [-0.2, -0.15) is 5.26 Å². The molecule has 0 fully saturated rings. The number of benzene rings is 2. The molecule has 0 saturated carbocycles. The van der Waals surface area contributed by atoms with Crippen molar-refractivity contribution in [1.82, 2.24) is 0 Å². The first kappa shape index (κ1) is 21.3. The number of nitrogens with one attached hydrogen (secondary N) is 1. The number of nitrogens with zero attached hydrogens (tertiary/aromatic N) is 1. The van der Waals surface area contributed by atoms with Crippen LogP contribution < -0.4 is 14.8 Å². The standard InChI is InChI=1S/C22H23ClN2O3/c1-13(2)28-21-18(23)10-16(11-20(21)27-5)9-17(12-24)22(26)25-19-8-6-7-14(3)15(19)4/h6-11,13H,1-5H3,(H,25,26)/b17-9+. The third kappa shape index (κ3) is 5.05. The molecule has 28 heavy (non-hydrogen) atoms. The molecule has 2 aromatic carbocycles. The van der Waals surface area contributed by atoms with E-state index in [0.717, 1.165) is 11.1 Å². The molecule has 0 aliphatic heterocycles. The third-order valence-electron chi connectivity index (χ3n) is 4.13. The van der Waals surface area contributed by atoms with Crippen LogP contribution in [-0.2, 0) is 4.79 Å². The highest BCUT2D eigenvalue weighted by atomic mass is 35.5. The van der Waals surface area contributed by atoms with Crippen molar-refractivity contribution >= 4 is 29.3 Å². The predicted octanol–water partition coefficient (Wildman–Crippen LogP) is 5.30. The summed E-state index contributed by atoms with van der Waals surface area (Å²) in [5.41, 5.74) is 3.19. The van der Waals surface area contributed by atoms with Crippen LogP contribution >= 0.6 is 11.6 Å². The quantitative estimate of drug-likeness (QED) is 0.529. The molecule has 2 rings (SSSR count). The van der Waals surface area contributed by atoms with Crippen LogP contribution in [0.2, 0.25) is 5.02 Å². The van der Waals surface area contributed by atoms with Crippen LogP contribution in [0.15, 0.2) is 35.9 Å². The van der Waals surface area contributed by atoms with E-state index in [1.54, 1.807) is 18.2 Å². The van der Waals surface area contributed by atoms with Crippen molar-refractivity contribution in [1.29, 1.82) is 5.26 Å². The molecule has 1 amide bonds. The van der Waals surface area contributed by atoms with Gasteiger partial charge in [0.2, 0.25) is 0 Å². The van der Waals surface area contributed by atoms with Gasteiger partial charge >= 0.3 is 0 Å². The highest BCUT2D eigenvalue weighted by molar-refractivity contribution is 6.32. The van der Waals surface area contributed by atoms with Crippen molar-refractivity contribution in [3.63, 3.8) is 0 Å². The summed E-state index contributed by atoms with van der Waals surface area (Å²) in [5, 5.41) is 12.6. The Hall–Kier alpha value is -2.97. The summed E-state index contributed by atoms with van der Waals surface area (Å²) in [7, 11) is 1.50. The van der Waals surface area contributed by atoms with Gasteiger partial charge in [0.05, 0.1) is 18.2 Å². The molecular formula is C22H23ClN2O3. The van der Waals surface area contributed by atoms with Crippen LogP contribution in [-0.4, -0.2) is 19.1 Å². The summed E-state index contributed by atoms with van der Waals surface area (Å²) in [6.07, 6.45) is 1.39. The van der Waals surface area contributed by atoms with Crippen molar-refractivity contribution in [3.8, 4) is 17.6 Å². The molecule has 6 heteroatoms. The van der Waals surface area contributed by atoms with Gasteiger partial charge in [0.1, 0.15) is 11.6 Å². The first-order valence-electron chi connectivity index (χ1n) is 8.80. The number of rotatable bonds is 6. The Morgan fingerprint density at radius 3 is 2.61 bits per heavy atom. The molecule has 1 N–H and O–H groups in total. The zero-order valence-electron chi connectivity index (χ0n) is 16.6. The molecule has 0 aromatic heterocycles. The van der Waals surface area contributed by atoms with E-state index in [1.807, 2.05) is 45.9 Å². The minimum absolute atomic E-state index is 0.0449. The van der Waals surface area contributed by atoms with E-state index in [1.165, 1.54) is 13.2 Å². The van der Waals surface area contributed by atoms with Gasteiger partial charge < -0.3 is 14.8 Å². The summed E-state index contributed by atoms with van der Waals surface area (Å²) in [4.78, 5) is 12.6. The largest absolute Gasteiger partial charge is 0.493 e. The number of hydrogen-bond acceptors (Lipinski definition) is 4. The minimum Gasteiger partial charge on any atom is -0.493 e. The molecular weight excluding hydrogens is 376 g/mol. The normalized spacial score (nSPS) is 11.1. The fourth-order valence-electron chi connectivity index (χ4n) is 2.56. The Bertz CT molecular complexity index is 959. The van der Waals surface area contributed by atoms with E-state index in [2.05, 4.69) is 5.32 Å². The van der Waals surface area contributed by atoms with Crippen molar-refractivity contribution < 1.29 is 14.3 Å². The summed E-state index contributed by atoms with van der Waals surface area (Å²) in [6.45, 7) is 7.64. The number of aryl methyl sites for hydroxylation is 1. The van der Waals surface area contributed by atoms with Crippen molar-refractivity contribution in [3.05, 3.63) is 57.6 Å². The lowest BCUT2D eigenvalue weighted by molar-refractivity contribution is -0.112. The second-order valence-electron chi connectivity index (χ2n) is 6.57. The maximum Gasteiger partial charge on any atom is 0.266 e. The number of halogens is 1. The zero-order valence-corrected chi connectivity index (χ0v) is 17.3. The van der Waals surface area contributed by atoms with Crippen molar-refractivity contribution in [2.24, 2.45) is 0 Å². The lowest BCUT2D eigenvalue weighted by Crippen LogP contribution is -2.14. The van der Waals surface area contributed by atoms with Gasteiger partial charge in [-0.3, -0.25) is 4.79 Å². The maximum atomic E-state index is 12.6. The van der Waals surface area contributed by atoms with Gasteiger partial charge in [-0.05, 0) is 68.7 Å². The van der Waals surface area contributed by atoms with Gasteiger partial charge in [0.25, 0.3) is 5.91 Å². The smallest absolute Gasteiger partial charge is 0.266 e. The van der Waals surface area contributed by atoms with Crippen LogP contribution in [0.25, 0.3) is 6.08 Å². The minimum atomic E-state index is -0.492. The van der Waals surface area contributed by atoms with Gasteiger partial charge in [-0.15, -0.1) is 0 Å². The molecule has 0 spiro atoms. The van der Waals surface area contributed by atoms with E-state index >= 15 is 0 Å². The molecule has 0 atom stereocenters. The Morgan fingerprint density at radius 2 is 2.00 bits per heavy atom. The molecule has 0 unspecified atom stereocenters. The number of nitriles is 1. The molecule has 2 aromatic rings. The summed E-state index contributed by atoms with van der Waals surface area (Å²) >= 11 is 6.31. The second kappa shape index (κ2) is 9.29. The Labute approximate surface area is 170 Å². The first-order chi connectivity index (χ1) is 13.3. The number of hydrogen-bond donors (Lipinski definition) is 1. The lowest BCUT2D eigenvalue weighted by atomic mass is 10.1. The van der Waals surface area contributed by atoms with Crippen LogP contribution in [0.5, 0.6) is 11.5 Å². The van der Waals surface area contributed by atoms with Gasteiger partial charge in [0.15, 0.2) is 11.5 Å².